The van der Waals surface area contributed by atoms with Crippen molar-refractivity contribution in [3.05, 3.63) is 25.3 Å². The van der Waals surface area contributed by atoms with Crippen LogP contribution in [0.4, 0.5) is 52.7 Å². The quantitative estimate of drug-likeness (QED) is 0.118. The molecular weight excluding hydrogens is 526 g/mol. The van der Waals surface area contributed by atoms with Gasteiger partial charge in [-0.1, -0.05) is 31.9 Å². The molecular formula is C17H23F12NO3S. The van der Waals surface area contributed by atoms with E-state index in [1.807, 2.05) is 12.2 Å². The van der Waals surface area contributed by atoms with Crippen LogP contribution in [0.15, 0.2) is 25.3 Å². The predicted molar refractivity (Wildman–Crippen MR) is 98.6 cm³/mol. The number of nitrogens with one attached hydrogen (secondary N) is 1. The average molecular weight is 549 g/mol. The van der Waals surface area contributed by atoms with Gasteiger partial charge in [0.05, 0.1) is 0 Å². The van der Waals surface area contributed by atoms with Gasteiger partial charge in [0, 0.05) is 19.5 Å². The summed E-state index contributed by atoms with van der Waals surface area (Å²) in [6.45, 7) is 10.1. The molecule has 0 aliphatic carbocycles. The second-order valence-corrected chi connectivity index (χ2v) is 8.15. The summed E-state index contributed by atoms with van der Waals surface area (Å²) in [5.41, 5.74) is 0. The molecule has 0 aromatic rings. The summed E-state index contributed by atoms with van der Waals surface area (Å²) < 4.78 is 186. The Bertz CT molecular complexity index is 762. The molecule has 0 aromatic carbocycles. The molecule has 0 radical (unpaired) electrons. The SMILES string of the molecule is C=CCNCC=C.CCCCCC(F)(F)C(F)(F)C(F)(F)C(F)(F)C(F)(F)C(F)(F)S(=O)(=O)O. The van der Waals surface area contributed by atoms with Gasteiger partial charge in [-0.05, 0) is 6.42 Å². The molecule has 0 aromatic heterocycles. The first-order valence-corrected chi connectivity index (χ1v) is 10.6. The standard InChI is InChI=1S/C11H12F12O3S.C6H11N/c1-2-3-4-5-6(12,13)7(14,15)8(16,17)9(18,19)10(20,21)11(22,23)27(24,25)26;1-3-5-7-6-4-2/h2-5H2,1H3,(H,24,25,26);3-4,7H,1-2,5-6H2. The predicted octanol–water partition coefficient (Wildman–Crippen LogP) is 6.17. The lowest BCUT2D eigenvalue weighted by molar-refractivity contribution is -0.417. The molecule has 0 amide bonds. The van der Waals surface area contributed by atoms with E-state index in [1.165, 1.54) is 6.92 Å². The van der Waals surface area contributed by atoms with Crippen LogP contribution in [-0.4, -0.2) is 60.9 Å². The molecule has 0 fully saturated rings. The van der Waals surface area contributed by atoms with Gasteiger partial charge in [0.1, 0.15) is 0 Å². The van der Waals surface area contributed by atoms with E-state index in [2.05, 4.69) is 18.5 Å². The van der Waals surface area contributed by atoms with E-state index in [4.69, 9.17) is 4.55 Å². The van der Waals surface area contributed by atoms with Crippen LogP contribution < -0.4 is 5.32 Å². The smallest absolute Gasteiger partial charge is 0.310 e. The van der Waals surface area contributed by atoms with Gasteiger partial charge in [-0.15, -0.1) is 13.2 Å². The maximum absolute atomic E-state index is 13.3. The Balaban J connectivity index is 0. The van der Waals surface area contributed by atoms with Crippen molar-refractivity contribution in [2.75, 3.05) is 13.1 Å². The van der Waals surface area contributed by atoms with Crippen molar-refractivity contribution in [1.82, 2.24) is 5.32 Å². The van der Waals surface area contributed by atoms with Crippen LogP contribution in [0.3, 0.4) is 0 Å². The van der Waals surface area contributed by atoms with E-state index in [-0.39, 0.29) is 12.8 Å². The third kappa shape index (κ3) is 6.80. The number of rotatable bonds is 14. The van der Waals surface area contributed by atoms with Gasteiger partial charge in [-0.2, -0.15) is 61.1 Å². The summed E-state index contributed by atoms with van der Waals surface area (Å²) in [7, 11) is -7.53. The lowest BCUT2D eigenvalue weighted by Crippen LogP contribution is -2.71. The zero-order valence-electron chi connectivity index (χ0n) is 17.5. The molecule has 0 rings (SSSR count). The molecule has 0 heterocycles. The molecule has 0 aliphatic rings. The Hall–Kier alpha value is -1.49. The van der Waals surface area contributed by atoms with Crippen molar-refractivity contribution in [2.45, 2.75) is 67.5 Å². The van der Waals surface area contributed by atoms with Crippen LogP contribution in [-0.2, 0) is 10.1 Å². The number of hydrogen-bond acceptors (Lipinski definition) is 3. The third-order valence-corrected chi connectivity index (χ3v) is 4.91. The van der Waals surface area contributed by atoms with Crippen molar-refractivity contribution < 1.29 is 65.7 Å². The number of alkyl halides is 12. The minimum Gasteiger partial charge on any atom is -0.310 e. The molecule has 4 nitrogen and oxygen atoms in total. The number of halogens is 12. The molecule has 34 heavy (non-hydrogen) atoms. The summed E-state index contributed by atoms with van der Waals surface area (Å²) in [6, 6.07) is 0. The van der Waals surface area contributed by atoms with E-state index < -0.39 is 57.8 Å². The molecule has 0 aliphatic heterocycles. The lowest BCUT2D eigenvalue weighted by Gasteiger charge is -2.40. The Morgan fingerprint density at radius 3 is 1.44 bits per heavy atom. The molecule has 0 atom stereocenters. The lowest BCUT2D eigenvalue weighted by atomic mass is 9.92. The van der Waals surface area contributed by atoms with Crippen molar-refractivity contribution in [3.63, 3.8) is 0 Å². The van der Waals surface area contributed by atoms with Crippen molar-refractivity contribution in [1.29, 1.82) is 0 Å². The summed E-state index contributed by atoms with van der Waals surface area (Å²) in [5, 5.41) is -4.35. The second kappa shape index (κ2) is 12.0. The molecule has 0 bridgehead atoms. The Kier molecular flexibility index (Phi) is 12.2. The normalized spacial score (nSPS) is 14.3. The van der Waals surface area contributed by atoms with E-state index in [0.717, 1.165) is 13.1 Å². The van der Waals surface area contributed by atoms with Gasteiger partial charge in [-0.3, -0.25) is 4.55 Å². The van der Waals surface area contributed by atoms with Crippen LogP contribution in [0.5, 0.6) is 0 Å². The molecule has 0 saturated heterocycles. The number of unbranched alkanes of at least 4 members (excludes halogenated alkanes) is 2. The highest BCUT2D eigenvalue weighted by atomic mass is 32.2. The Labute approximate surface area is 187 Å². The fraction of sp³-hybridized carbons (Fsp3) is 0.765. The topological polar surface area (TPSA) is 66.4 Å². The van der Waals surface area contributed by atoms with Crippen LogP contribution in [0.25, 0.3) is 0 Å². The maximum atomic E-state index is 13.3. The summed E-state index contributed by atoms with van der Waals surface area (Å²) in [5.74, 6) is -37.1. The minimum atomic E-state index is -8.02. The van der Waals surface area contributed by atoms with Gasteiger partial charge in [0.15, 0.2) is 0 Å². The summed E-state index contributed by atoms with van der Waals surface area (Å²) in [4.78, 5) is 0. The van der Waals surface area contributed by atoms with E-state index in [0.29, 0.717) is 0 Å². The minimum absolute atomic E-state index is 0.0762. The maximum Gasteiger partial charge on any atom is 0.438 e. The van der Waals surface area contributed by atoms with Gasteiger partial charge in [0.2, 0.25) is 0 Å². The molecule has 2 N–H and O–H groups in total. The van der Waals surface area contributed by atoms with Crippen LogP contribution >= 0.6 is 0 Å². The van der Waals surface area contributed by atoms with E-state index >= 15 is 0 Å². The summed E-state index contributed by atoms with van der Waals surface area (Å²) in [6.07, 6.45) is 0.336. The van der Waals surface area contributed by atoms with Gasteiger partial charge >= 0.3 is 45.0 Å². The van der Waals surface area contributed by atoms with Gasteiger partial charge < -0.3 is 5.32 Å². The zero-order valence-corrected chi connectivity index (χ0v) is 18.3. The highest BCUT2D eigenvalue weighted by Gasteiger charge is 2.91. The highest BCUT2D eigenvalue weighted by Crippen LogP contribution is 2.61. The van der Waals surface area contributed by atoms with Gasteiger partial charge in [-0.25, -0.2) is 0 Å². The molecule has 0 spiro atoms. The van der Waals surface area contributed by atoms with E-state index in [9.17, 15) is 61.1 Å². The first kappa shape index (κ1) is 34.7. The Morgan fingerprint density at radius 2 is 1.12 bits per heavy atom. The van der Waals surface area contributed by atoms with Gasteiger partial charge in [0.25, 0.3) is 0 Å². The largest absolute Gasteiger partial charge is 0.438 e. The number of hydrogen-bond donors (Lipinski definition) is 2. The second-order valence-electron chi connectivity index (χ2n) is 6.69. The fourth-order valence-electron chi connectivity index (χ4n) is 2.01. The van der Waals surface area contributed by atoms with Crippen molar-refractivity contribution in [3.8, 4) is 0 Å². The average Bonchev–Trinajstić information content (AvgIpc) is 2.67. The summed E-state index contributed by atoms with van der Waals surface area (Å²) >= 11 is 0. The highest BCUT2D eigenvalue weighted by molar-refractivity contribution is 7.87. The first-order chi connectivity index (χ1) is 15.0. The van der Waals surface area contributed by atoms with Crippen molar-refractivity contribution in [2.24, 2.45) is 0 Å². The zero-order chi connectivity index (χ0) is 27.9. The monoisotopic (exact) mass is 549 g/mol. The molecule has 204 valence electrons. The molecule has 0 unspecified atom stereocenters. The first-order valence-electron chi connectivity index (χ1n) is 9.14. The van der Waals surface area contributed by atoms with Crippen LogP contribution in [0, 0.1) is 0 Å². The molecule has 0 saturated carbocycles. The van der Waals surface area contributed by atoms with Crippen molar-refractivity contribution >= 4 is 10.1 Å². The van der Waals surface area contributed by atoms with E-state index in [1.54, 1.807) is 0 Å². The molecule has 17 heteroatoms. The fourth-order valence-corrected chi connectivity index (χ4v) is 2.46. The van der Waals surface area contributed by atoms with Crippen LogP contribution in [0.2, 0.25) is 0 Å². The van der Waals surface area contributed by atoms with Crippen LogP contribution in [0.1, 0.15) is 32.6 Å². The Morgan fingerprint density at radius 1 is 0.735 bits per heavy atom. The third-order valence-electron chi connectivity index (χ3n) is 4.00.